The average Bonchev–Trinajstić information content (AvgIpc) is 2.64. The number of carbonyl (C=O) groups is 1. The third-order valence-corrected chi connectivity index (χ3v) is 4.13. The van der Waals surface area contributed by atoms with E-state index in [0.29, 0.717) is 16.5 Å². The van der Waals surface area contributed by atoms with Gasteiger partial charge >= 0.3 is 12.1 Å². The van der Waals surface area contributed by atoms with E-state index in [-0.39, 0.29) is 24.3 Å². The third kappa shape index (κ3) is 3.86. The van der Waals surface area contributed by atoms with Crippen LogP contribution in [0.5, 0.6) is 0 Å². The van der Waals surface area contributed by atoms with Crippen molar-refractivity contribution in [2.45, 2.75) is 19.6 Å². The summed E-state index contributed by atoms with van der Waals surface area (Å²) in [6.07, 6.45) is -4.42. The van der Waals surface area contributed by atoms with E-state index in [1.807, 2.05) is 0 Å². The molecule has 0 spiro atoms. The third-order valence-electron chi connectivity index (χ3n) is 4.13. The molecule has 0 aliphatic rings. The summed E-state index contributed by atoms with van der Waals surface area (Å²) in [5.74, 6) is -0.660. The molecular formula is C20H16F3NO3. The van der Waals surface area contributed by atoms with Crippen molar-refractivity contribution in [3.05, 3.63) is 81.6 Å². The SMILES string of the molecule is CCOC(=O)c1cc(=O)c2ccccc2n1Cc1ccc(C(F)(F)F)cc1. The highest BCUT2D eigenvalue weighted by atomic mass is 19.4. The second kappa shape index (κ2) is 7.26. The van der Waals surface area contributed by atoms with Crippen molar-refractivity contribution >= 4 is 16.9 Å². The summed E-state index contributed by atoms with van der Waals surface area (Å²) in [7, 11) is 0. The minimum Gasteiger partial charge on any atom is -0.461 e. The lowest BCUT2D eigenvalue weighted by molar-refractivity contribution is -0.137. The Balaban J connectivity index is 2.11. The van der Waals surface area contributed by atoms with Gasteiger partial charge in [-0.15, -0.1) is 0 Å². The zero-order valence-corrected chi connectivity index (χ0v) is 14.4. The Morgan fingerprint density at radius 3 is 2.37 bits per heavy atom. The molecule has 0 bridgehead atoms. The Morgan fingerprint density at radius 2 is 1.74 bits per heavy atom. The van der Waals surface area contributed by atoms with Gasteiger partial charge in [0, 0.05) is 18.0 Å². The first-order chi connectivity index (χ1) is 12.8. The van der Waals surface area contributed by atoms with Crippen molar-refractivity contribution < 1.29 is 22.7 Å². The van der Waals surface area contributed by atoms with Crippen molar-refractivity contribution in [3.8, 4) is 0 Å². The van der Waals surface area contributed by atoms with E-state index in [2.05, 4.69) is 0 Å². The molecule has 0 fully saturated rings. The van der Waals surface area contributed by atoms with Crippen LogP contribution in [0.15, 0.2) is 59.4 Å². The number of hydrogen-bond acceptors (Lipinski definition) is 3. The van der Waals surface area contributed by atoms with Crippen LogP contribution in [0.3, 0.4) is 0 Å². The molecular weight excluding hydrogens is 359 g/mol. The molecule has 1 heterocycles. The Kier molecular flexibility index (Phi) is 5.03. The van der Waals surface area contributed by atoms with Gasteiger partial charge in [0.15, 0.2) is 5.43 Å². The molecule has 0 amide bonds. The van der Waals surface area contributed by atoms with Gasteiger partial charge in [-0.1, -0.05) is 24.3 Å². The van der Waals surface area contributed by atoms with Crippen LogP contribution in [-0.4, -0.2) is 17.1 Å². The first-order valence-electron chi connectivity index (χ1n) is 8.27. The first kappa shape index (κ1) is 18.7. The molecule has 0 aliphatic heterocycles. The Morgan fingerprint density at radius 1 is 1.07 bits per heavy atom. The second-order valence-electron chi connectivity index (χ2n) is 5.91. The molecule has 0 unspecified atom stereocenters. The molecule has 3 aromatic rings. The van der Waals surface area contributed by atoms with E-state index in [4.69, 9.17) is 4.74 Å². The second-order valence-corrected chi connectivity index (χ2v) is 5.91. The maximum Gasteiger partial charge on any atom is 0.416 e. The molecule has 0 saturated heterocycles. The lowest BCUT2D eigenvalue weighted by Gasteiger charge is -2.16. The maximum absolute atomic E-state index is 12.8. The number of fused-ring (bicyclic) bond motifs is 1. The fraction of sp³-hybridized carbons (Fsp3) is 0.200. The van der Waals surface area contributed by atoms with E-state index < -0.39 is 17.7 Å². The van der Waals surface area contributed by atoms with Crippen LogP contribution in [-0.2, 0) is 17.5 Å². The number of ether oxygens (including phenoxy) is 1. The van der Waals surface area contributed by atoms with Gasteiger partial charge in [-0.2, -0.15) is 13.2 Å². The number of pyridine rings is 1. The standard InChI is InChI=1S/C20H16F3NO3/c1-2-27-19(26)17-11-18(25)15-5-3-4-6-16(15)24(17)12-13-7-9-14(10-8-13)20(21,22)23/h3-11H,2,12H2,1H3. The van der Waals surface area contributed by atoms with Crippen LogP contribution >= 0.6 is 0 Å². The number of nitrogens with zero attached hydrogens (tertiary/aromatic N) is 1. The summed E-state index contributed by atoms with van der Waals surface area (Å²) in [6, 6.07) is 12.6. The summed E-state index contributed by atoms with van der Waals surface area (Å²) in [6.45, 7) is 1.91. The van der Waals surface area contributed by atoms with Gasteiger partial charge in [-0.05, 0) is 36.8 Å². The van der Waals surface area contributed by atoms with Gasteiger partial charge in [0.05, 0.1) is 17.7 Å². The van der Waals surface area contributed by atoms with Gasteiger partial charge in [0.25, 0.3) is 0 Å². The number of rotatable bonds is 4. The molecule has 140 valence electrons. The van der Waals surface area contributed by atoms with E-state index in [1.54, 1.807) is 35.8 Å². The first-order valence-corrected chi connectivity index (χ1v) is 8.27. The number of para-hydroxylation sites is 1. The van der Waals surface area contributed by atoms with Gasteiger partial charge in [-0.25, -0.2) is 4.79 Å². The zero-order valence-electron chi connectivity index (χ0n) is 14.4. The zero-order chi connectivity index (χ0) is 19.6. The minimum atomic E-state index is -4.42. The lowest BCUT2D eigenvalue weighted by Crippen LogP contribution is -2.20. The molecule has 2 aromatic carbocycles. The molecule has 0 radical (unpaired) electrons. The van der Waals surface area contributed by atoms with Gasteiger partial charge in [0.1, 0.15) is 5.69 Å². The van der Waals surface area contributed by atoms with Crippen molar-refractivity contribution in [1.29, 1.82) is 0 Å². The number of alkyl halides is 3. The average molecular weight is 375 g/mol. The maximum atomic E-state index is 12.8. The number of carbonyl (C=O) groups excluding carboxylic acids is 1. The highest BCUT2D eigenvalue weighted by molar-refractivity contribution is 5.91. The number of hydrogen-bond donors (Lipinski definition) is 0. The molecule has 0 atom stereocenters. The Hall–Kier alpha value is -3.09. The Bertz CT molecular complexity index is 1040. The van der Waals surface area contributed by atoms with Crippen LogP contribution in [0.2, 0.25) is 0 Å². The highest BCUT2D eigenvalue weighted by Gasteiger charge is 2.30. The molecule has 0 saturated carbocycles. The number of halogens is 3. The summed E-state index contributed by atoms with van der Waals surface area (Å²) in [5, 5.41) is 0.414. The predicted octanol–water partition coefficient (Wildman–Crippen LogP) is 4.25. The molecule has 0 aliphatic carbocycles. The van der Waals surface area contributed by atoms with Crippen LogP contribution in [0.4, 0.5) is 13.2 Å². The lowest BCUT2D eigenvalue weighted by atomic mass is 10.1. The topological polar surface area (TPSA) is 48.3 Å². The number of benzene rings is 2. The largest absolute Gasteiger partial charge is 0.461 e. The molecule has 0 N–H and O–H groups in total. The summed E-state index contributed by atoms with van der Waals surface area (Å²) in [4.78, 5) is 24.6. The summed E-state index contributed by atoms with van der Waals surface area (Å²) >= 11 is 0. The van der Waals surface area contributed by atoms with Crippen LogP contribution in [0.1, 0.15) is 28.5 Å². The van der Waals surface area contributed by atoms with Crippen molar-refractivity contribution in [1.82, 2.24) is 4.57 Å². The summed E-state index contributed by atoms with van der Waals surface area (Å²) in [5.41, 5.74) is 0.0507. The monoisotopic (exact) mass is 375 g/mol. The van der Waals surface area contributed by atoms with Crippen LogP contribution < -0.4 is 5.43 Å². The fourth-order valence-corrected chi connectivity index (χ4v) is 2.85. The van der Waals surface area contributed by atoms with Crippen molar-refractivity contribution in [2.75, 3.05) is 6.61 Å². The van der Waals surface area contributed by atoms with E-state index >= 15 is 0 Å². The molecule has 4 nitrogen and oxygen atoms in total. The smallest absolute Gasteiger partial charge is 0.416 e. The van der Waals surface area contributed by atoms with Crippen LogP contribution in [0.25, 0.3) is 10.9 Å². The van der Waals surface area contributed by atoms with Gasteiger partial charge in [-0.3, -0.25) is 4.79 Å². The number of esters is 1. The molecule has 7 heteroatoms. The van der Waals surface area contributed by atoms with E-state index in [1.165, 1.54) is 18.2 Å². The summed E-state index contributed by atoms with van der Waals surface area (Å²) < 4.78 is 44.9. The normalized spacial score (nSPS) is 11.6. The predicted molar refractivity (Wildman–Crippen MR) is 94.7 cm³/mol. The minimum absolute atomic E-state index is 0.0560. The van der Waals surface area contributed by atoms with E-state index in [9.17, 15) is 22.8 Å². The fourth-order valence-electron chi connectivity index (χ4n) is 2.85. The van der Waals surface area contributed by atoms with E-state index in [0.717, 1.165) is 12.1 Å². The van der Waals surface area contributed by atoms with Gasteiger partial charge in [0.2, 0.25) is 0 Å². The van der Waals surface area contributed by atoms with Crippen molar-refractivity contribution in [2.24, 2.45) is 0 Å². The molecule has 27 heavy (non-hydrogen) atoms. The quantitative estimate of drug-likeness (QED) is 0.641. The van der Waals surface area contributed by atoms with Crippen molar-refractivity contribution in [3.63, 3.8) is 0 Å². The highest BCUT2D eigenvalue weighted by Crippen LogP contribution is 2.29. The number of aromatic nitrogens is 1. The molecule has 3 rings (SSSR count). The van der Waals surface area contributed by atoms with Gasteiger partial charge < -0.3 is 9.30 Å². The molecule has 1 aromatic heterocycles. The van der Waals surface area contributed by atoms with Crippen LogP contribution in [0, 0.1) is 0 Å². The Labute approximate surface area is 152 Å².